The van der Waals surface area contributed by atoms with Gasteiger partial charge in [0.15, 0.2) is 0 Å². The summed E-state index contributed by atoms with van der Waals surface area (Å²) < 4.78 is 1.65. The molecule has 0 saturated heterocycles. The first-order valence-corrected chi connectivity index (χ1v) is 9.82. The van der Waals surface area contributed by atoms with Crippen molar-refractivity contribution in [1.82, 2.24) is 20.1 Å². The van der Waals surface area contributed by atoms with Gasteiger partial charge in [-0.2, -0.15) is 5.10 Å². The van der Waals surface area contributed by atoms with Crippen LogP contribution in [0.25, 0.3) is 5.69 Å². The summed E-state index contributed by atoms with van der Waals surface area (Å²) in [6.45, 7) is 4.02. The van der Waals surface area contributed by atoms with Gasteiger partial charge in [-0.15, -0.1) is 0 Å². The molecule has 3 rings (SSSR count). The topological polar surface area (TPSA) is 164 Å². The van der Waals surface area contributed by atoms with Gasteiger partial charge in [-0.25, -0.2) is 14.3 Å². The van der Waals surface area contributed by atoms with Crippen molar-refractivity contribution in [2.24, 2.45) is 0 Å². The Morgan fingerprint density at radius 1 is 1.00 bits per heavy atom. The fourth-order valence-corrected chi connectivity index (χ4v) is 2.55. The zero-order chi connectivity index (χ0) is 24.4. The van der Waals surface area contributed by atoms with E-state index in [1.807, 2.05) is 25.1 Å². The quantitative estimate of drug-likeness (QED) is 0.412. The first-order chi connectivity index (χ1) is 15.7. The van der Waals surface area contributed by atoms with Crippen LogP contribution in [0, 0.1) is 6.92 Å². The molecule has 2 heterocycles. The van der Waals surface area contributed by atoms with E-state index in [9.17, 15) is 9.59 Å². The highest BCUT2D eigenvalue weighted by atomic mass is 16.4. The number of rotatable bonds is 6. The molecule has 1 aromatic carbocycles. The Hall–Kier alpha value is -4.54. The molecule has 0 aliphatic rings. The number of aromatic nitrogens is 3. The lowest BCUT2D eigenvalue weighted by atomic mass is 10.2. The van der Waals surface area contributed by atoms with E-state index in [1.54, 1.807) is 48.1 Å². The lowest BCUT2D eigenvalue weighted by Gasteiger charge is -2.09. The number of nitrogens with one attached hydrogen (secondary N) is 2. The molecule has 4 N–H and O–H groups in total. The molecule has 2 aromatic heterocycles. The van der Waals surface area contributed by atoms with Crippen molar-refractivity contribution in [1.29, 1.82) is 0 Å². The van der Waals surface area contributed by atoms with Crippen LogP contribution < -0.4 is 10.6 Å². The Kier molecular flexibility index (Phi) is 8.80. The fraction of sp³-hybridized carbons (Fsp3) is 0.182. The number of carbonyl (C=O) groups excluding carboxylic acids is 2. The molecular formula is C22H23N5O6. The van der Waals surface area contributed by atoms with Crippen molar-refractivity contribution in [2.45, 2.75) is 26.8 Å². The van der Waals surface area contributed by atoms with Gasteiger partial charge in [-0.3, -0.25) is 14.6 Å². The summed E-state index contributed by atoms with van der Waals surface area (Å²) in [5.74, 6) is -3.30. The Bertz CT molecular complexity index is 1110. The second-order valence-corrected chi connectivity index (χ2v) is 6.65. The van der Waals surface area contributed by atoms with E-state index in [0.717, 1.165) is 17.1 Å². The molecule has 2 amide bonds. The van der Waals surface area contributed by atoms with Crippen molar-refractivity contribution in [3.8, 4) is 5.69 Å². The number of amides is 2. The molecule has 0 unspecified atom stereocenters. The number of aryl methyl sites for hydroxylation is 1. The molecule has 0 atom stereocenters. The third-order valence-corrected chi connectivity index (χ3v) is 4.13. The van der Waals surface area contributed by atoms with E-state index in [4.69, 9.17) is 19.8 Å². The maximum atomic E-state index is 12.3. The summed E-state index contributed by atoms with van der Waals surface area (Å²) in [7, 11) is 0. The smallest absolute Gasteiger partial charge is 0.414 e. The van der Waals surface area contributed by atoms with Crippen LogP contribution in [0.3, 0.4) is 0 Å². The highest BCUT2D eigenvalue weighted by Gasteiger charge is 2.11. The molecule has 0 spiro atoms. The highest BCUT2D eigenvalue weighted by Crippen LogP contribution is 2.18. The highest BCUT2D eigenvalue weighted by molar-refractivity contribution is 6.27. The van der Waals surface area contributed by atoms with Gasteiger partial charge >= 0.3 is 11.9 Å². The molecule has 0 fully saturated rings. The summed E-state index contributed by atoms with van der Waals surface area (Å²) in [6, 6.07) is 14.4. The van der Waals surface area contributed by atoms with Gasteiger partial charge in [-0.1, -0.05) is 13.0 Å². The maximum absolute atomic E-state index is 12.3. The number of pyridine rings is 1. The molecule has 0 aliphatic carbocycles. The second-order valence-electron chi connectivity index (χ2n) is 6.65. The van der Waals surface area contributed by atoms with Crippen molar-refractivity contribution >= 4 is 29.6 Å². The Morgan fingerprint density at radius 3 is 2.21 bits per heavy atom. The molecule has 172 valence electrons. The molecule has 33 heavy (non-hydrogen) atoms. The van der Waals surface area contributed by atoms with Crippen LogP contribution in [-0.2, 0) is 20.9 Å². The van der Waals surface area contributed by atoms with Crippen molar-refractivity contribution in [3.05, 3.63) is 71.7 Å². The number of carboxylic acids is 2. The van der Waals surface area contributed by atoms with E-state index < -0.39 is 11.9 Å². The van der Waals surface area contributed by atoms with Crippen molar-refractivity contribution in [2.75, 3.05) is 5.32 Å². The Morgan fingerprint density at radius 2 is 1.67 bits per heavy atom. The van der Waals surface area contributed by atoms with Crippen LogP contribution in [-0.4, -0.2) is 48.7 Å². The van der Waals surface area contributed by atoms with Crippen LogP contribution in [0.5, 0.6) is 0 Å². The van der Waals surface area contributed by atoms with Gasteiger partial charge in [0.25, 0.3) is 5.91 Å². The normalized spacial score (nSPS) is 9.88. The predicted molar refractivity (Wildman–Crippen MR) is 118 cm³/mol. The SMILES string of the molecule is CCC(=O)Nc1cc(C)nn1-c1ccc(C(=O)NCc2ccccn2)cc1.O=C(O)C(=O)O. The zero-order valence-electron chi connectivity index (χ0n) is 18.0. The fourth-order valence-electron chi connectivity index (χ4n) is 2.55. The summed E-state index contributed by atoms with van der Waals surface area (Å²) in [6.07, 6.45) is 2.08. The number of benzene rings is 1. The summed E-state index contributed by atoms with van der Waals surface area (Å²) in [4.78, 5) is 46.4. The second kappa shape index (κ2) is 11.7. The van der Waals surface area contributed by atoms with E-state index in [-0.39, 0.29) is 11.8 Å². The molecule has 0 saturated carbocycles. The van der Waals surface area contributed by atoms with Crippen molar-refractivity contribution < 1.29 is 29.4 Å². The Labute approximate surface area is 189 Å². The molecule has 11 heteroatoms. The molecular weight excluding hydrogens is 430 g/mol. The van der Waals surface area contributed by atoms with Crippen LogP contribution in [0.2, 0.25) is 0 Å². The lowest BCUT2D eigenvalue weighted by molar-refractivity contribution is -0.159. The van der Waals surface area contributed by atoms with Gasteiger partial charge in [0.05, 0.1) is 23.6 Å². The maximum Gasteiger partial charge on any atom is 0.414 e. The number of hydrogen-bond acceptors (Lipinski definition) is 6. The van der Waals surface area contributed by atoms with E-state index in [2.05, 4.69) is 20.7 Å². The Balaban J connectivity index is 0.000000569. The van der Waals surface area contributed by atoms with E-state index >= 15 is 0 Å². The molecule has 11 nitrogen and oxygen atoms in total. The van der Waals surface area contributed by atoms with Crippen molar-refractivity contribution in [3.63, 3.8) is 0 Å². The minimum atomic E-state index is -1.82. The minimum absolute atomic E-state index is 0.0818. The average Bonchev–Trinajstić information content (AvgIpc) is 3.18. The van der Waals surface area contributed by atoms with Gasteiger partial charge in [0.1, 0.15) is 5.82 Å². The van der Waals surface area contributed by atoms with Crippen LogP contribution in [0.4, 0.5) is 5.82 Å². The third-order valence-electron chi connectivity index (χ3n) is 4.13. The zero-order valence-corrected chi connectivity index (χ0v) is 18.0. The van der Waals surface area contributed by atoms with Gasteiger partial charge in [-0.05, 0) is 43.3 Å². The van der Waals surface area contributed by atoms with Gasteiger partial charge in [0.2, 0.25) is 5.91 Å². The van der Waals surface area contributed by atoms with Crippen LogP contribution in [0.1, 0.15) is 35.1 Å². The number of carboxylic acid groups (broad SMARTS) is 2. The molecule has 3 aromatic rings. The summed E-state index contributed by atoms with van der Waals surface area (Å²) in [5.41, 5.74) is 2.89. The van der Waals surface area contributed by atoms with Crippen LogP contribution >= 0.6 is 0 Å². The number of aliphatic carboxylic acids is 2. The van der Waals surface area contributed by atoms with Gasteiger partial charge < -0.3 is 20.8 Å². The number of nitrogens with zero attached hydrogens (tertiary/aromatic N) is 3. The summed E-state index contributed by atoms with van der Waals surface area (Å²) >= 11 is 0. The lowest BCUT2D eigenvalue weighted by Crippen LogP contribution is -2.23. The third kappa shape index (κ3) is 7.58. The first-order valence-electron chi connectivity index (χ1n) is 9.82. The summed E-state index contributed by atoms with van der Waals surface area (Å²) in [5, 5.41) is 24.9. The molecule has 0 aliphatic heterocycles. The largest absolute Gasteiger partial charge is 0.473 e. The number of carbonyl (C=O) groups is 4. The molecule has 0 radical (unpaired) electrons. The minimum Gasteiger partial charge on any atom is -0.473 e. The monoisotopic (exact) mass is 453 g/mol. The van der Waals surface area contributed by atoms with E-state index in [0.29, 0.717) is 24.3 Å². The standard InChI is InChI=1S/C20H21N5O2.C2H2O4/c1-3-19(26)23-18-12-14(2)24-25(18)17-9-7-15(8-10-17)20(27)22-13-16-6-4-5-11-21-16;3-1(4)2(5)6/h4-12H,3,13H2,1-2H3,(H,22,27)(H,23,26);(H,3,4)(H,5,6). The van der Waals surface area contributed by atoms with Gasteiger partial charge in [0, 0.05) is 24.2 Å². The average molecular weight is 453 g/mol. The first kappa shape index (κ1) is 24.7. The number of hydrogen-bond donors (Lipinski definition) is 4. The number of anilines is 1. The molecule has 0 bridgehead atoms. The van der Waals surface area contributed by atoms with Crippen LogP contribution in [0.15, 0.2) is 54.7 Å². The van der Waals surface area contributed by atoms with E-state index in [1.165, 1.54) is 0 Å². The predicted octanol–water partition coefficient (Wildman–Crippen LogP) is 2.01.